The molecule has 0 radical (unpaired) electrons. The van der Waals surface area contributed by atoms with Crippen molar-refractivity contribution in [2.24, 2.45) is 5.41 Å². The standard InChI is InChI=1S/C15H22Cl2N2/c1-15(2,3)14(19-8-6-18-7-9-19)11-4-5-12(16)13(17)10-11/h4-5,10,14,18H,6-9H2,1-3H3/t14-/m1/s1. The van der Waals surface area contributed by atoms with Crippen LogP contribution in [0.4, 0.5) is 0 Å². The summed E-state index contributed by atoms with van der Waals surface area (Å²) in [5.74, 6) is 0. The Labute approximate surface area is 126 Å². The minimum atomic E-state index is 0.161. The summed E-state index contributed by atoms with van der Waals surface area (Å²) in [6, 6.07) is 6.39. The zero-order chi connectivity index (χ0) is 14.0. The third-order valence-corrected chi connectivity index (χ3v) is 4.34. The number of benzene rings is 1. The van der Waals surface area contributed by atoms with Gasteiger partial charge in [-0.2, -0.15) is 0 Å². The highest BCUT2D eigenvalue weighted by atomic mass is 35.5. The van der Waals surface area contributed by atoms with Crippen molar-refractivity contribution >= 4 is 23.2 Å². The average molecular weight is 301 g/mol. The van der Waals surface area contributed by atoms with Crippen molar-refractivity contribution in [2.45, 2.75) is 26.8 Å². The number of hydrogen-bond donors (Lipinski definition) is 1. The highest BCUT2D eigenvalue weighted by Gasteiger charge is 2.32. The van der Waals surface area contributed by atoms with Gasteiger partial charge in [-0.25, -0.2) is 0 Å². The van der Waals surface area contributed by atoms with Gasteiger partial charge in [0.2, 0.25) is 0 Å². The topological polar surface area (TPSA) is 15.3 Å². The molecule has 2 nitrogen and oxygen atoms in total. The van der Waals surface area contributed by atoms with Crippen LogP contribution in [0.3, 0.4) is 0 Å². The highest BCUT2D eigenvalue weighted by Crippen LogP contribution is 2.39. The number of rotatable bonds is 2. The molecule has 0 saturated carbocycles. The Morgan fingerprint density at radius 2 is 1.74 bits per heavy atom. The molecule has 0 aliphatic carbocycles. The van der Waals surface area contributed by atoms with Crippen molar-refractivity contribution in [1.82, 2.24) is 10.2 Å². The van der Waals surface area contributed by atoms with Gasteiger partial charge in [-0.1, -0.05) is 50.0 Å². The lowest BCUT2D eigenvalue weighted by Crippen LogP contribution is -2.48. The van der Waals surface area contributed by atoms with Crippen LogP contribution in [0.1, 0.15) is 32.4 Å². The van der Waals surface area contributed by atoms with E-state index in [1.807, 2.05) is 12.1 Å². The van der Waals surface area contributed by atoms with Crippen LogP contribution in [0.25, 0.3) is 0 Å². The van der Waals surface area contributed by atoms with Crippen molar-refractivity contribution in [3.63, 3.8) is 0 Å². The summed E-state index contributed by atoms with van der Waals surface area (Å²) >= 11 is 12.2. The molecular formula is C15H22Cl2N2. The summed E-state index contributed by atoms with van der Waals surface area (Å²) in [6.07, 6.45) is 0. The summed E-state index contributed by atoms with van der Waals surface area (Å²) in [7, 11) is 0. The number of halogens is 2. The van der Waals surface area contributed by atoms with Gasteiger partial charge in [0.05, 0.1) is 10.0 Å². The Balaban J connectivity index is 2.33. The summed E-state index contributed by atoms with van der Waals surface area (Å²) < 4.78 is 0. The molecule has 2 rings (SSSR count). The van der Waals surface area contributed by atoms with Crippen LogP contribution in [-0.2, 0) is 0 Å². The molecule has 1 fully saturated rings. The molecule has 0 bridgehead atoms. The molecule has 1 atom stereocenters. The van der Waals surface area contributed by atoms with Crippen molar-refractivity contribution in [3.05, 3.63) is 33.8 Å². The van der Waals surface area contributed by atoms with E-state index < -0.39 is 0 Å². The van der Waals surface area contributed by atoms with Gasteiger partial charge in [-0.3, -0.25) is 4.90 Å². The fourth-order valence-electron chi connectivity index (χ4n) is 2.88. The van der Waals surface area contributed by atoms with E-state index in [0.29, 0.717) is 16.1 Å². The fourth-order valence-corrected chi connectivity index (χ4v) is 3.19. The van der Waals surface area contributed by atoms with E-state index >= 15 is 0 Å². The predicted octanol–water partition coefficient (Wildman–Crippen LogP) is 3.99. The van der Waals surface area contributed by atoms with Crippen LogP contribution in [-0.4, -0.2) is 31.1 Å². The first-order chi connectivity index (χ1) is 8.89. The van der Waals surface area contributed by atoms with E-state index in [1.54, 1.807) is 0 Å². The monoisotopic (exact) mass is 300 g/mol. The zero-order valence-corrected chi connectivity index (χ0v) is 13.4. The summed E-state index contributed by atoms with van der Waals surface area (Å²) in [5.41, 5.74) is 1.41. The minimum Gasteiger partial charge on any atom is -0.314 e. The maximum absolute atomic E-state index is 6.18. The van der Waals surface area contributed by atoms with Crippen molar-refractivity contribution in [3.8, 4) is 0 Å². The van der Waals surface area contributed by atoms with Crippen molar-refractivity contribution in [1.29, 1.82) is 0 Å². The van der Waals surface area contributed by atoms with Crippen LogP contribution < -0.4 is 5.32 Å². The summed E-state index contributed by atoms with van der Waals surface area (Å²) in [5, 5.41) is 4.67. The first-order valence-electron chi connectivity index (χ1n) is 6.79. The first-order valence-corrected chi connectivity index (χ1v) is 7.55. The van der Waals surface area contributed by atoms with Gasteiger partial charge in [0.1, 0.15) is 0 Å². The van der Waals surface area contributed by atoms with Crippen molar-refractivity contribution in [2.75, 3.05) is 26.2 Å². The number of hydrogen-bond acceptors (Lipinski definition) is 2. The molecule has 1 N–H and O–H groups in total. The number of nitrogens with zero attached hydrogens (tertiary/aromatic N) is 1. The molecule has 1 aliphatic heterocycles. The maximum Gasteiger partial charge on any atom is 0.0595 e. The molecule has 0 amide bonds. The van der Waals surface area contributed by atoms with Gasteiger partial charge in [0.15, 0.2) is 0 Å². The van der Waals surface area contributed by atoms with Crippen LogP contribution in [0.2, 0.25) is 10.0 Å². The quantitative estimate of drug-likeness (QED) is 0.888. The van der Waals surface area contributed by atoms with Gasteiger partial charge in [0.25, 0.3) is 0 Å². The van der Waals surface area contributed by atoms with Crippen LogP contribution in [0, 0.1) is 5.41 Å². The van der Waals surface area contributed by atoms with Gasteiger partial charge in [-0.15, -0.1) is 0 Å². The Hall–Kier alpha value is -0.280. The molecule has 1 heterocycles. The van der Waals surface area contributed by atoms with Crippen LogP contribution in [0.15, 0.2) is 18.2 Å². The molecule has 1 aliphatic rings. The molecule has 1 aromatic carbocycles. The summed E-state index contributed by atoms with van der Waals surface area (Å²) in [4.78, 5) is 2.54. The lowest BCUT2D eigenvalue weighted by Gasteiger charge is -2.42. The first kappa shape index (κ1) is 15.1. The van der Waals surface area contributed by atoms with E-state index in [9.17, 15) is 0 Å². The highest BCUT2D eigenvalue weighted by molar-refractivity contribution is 6.42. The molecule has 0 spiro atoms. The van der Waals surface area contributed by atoms with E-state index in [-0.39, 0.29) is 5.41 Å². The van der Waals surface area contributed by atoms with E-state index in [2.05, 4.69) is 37.1 Å². The summed E-state index contributed by atoms with van der Waals surface area (Å²) in [6.45, 7) is 11.1. The van der Waals surface area contributed by atoms with Gasteiger partial charge < -0.3 is 5.32 Å². The molecular weight excluding hydrogens is 279 g/mol. The lowest BCUT2D eigenvalue weighted by atomic mass is 9.81. The molecule has 1 saturated heterocycles. The molecule has 19 heavy (non-hydrogen) atoms. The number of piperazine rings is 1. The Morgan fingerprint density at radius 3 is 2.26 bits per heavy atom. The maximum atomic E-state index is 6.18. The second-order valence-corrected chi connectivity index (χ2v) is 7.04. The van der Waals surface area contributed by atoms with Gasteiger partial charge in [0, 0.05) is 32.2 Å². The third kappa shape index (κ3) is 3.63. The van der Waals surface area contributed by atoms with Gasteiger partial charge >= 0.3 is 0 Å². The second kappa shape index (κ2) is 6.01. The van der Waals surface area contributed by atoms with Crippen molar-refractivity contribution < 1.29 is 0 Å². The van der Waals surface area contributed by atoms with Crippen LogP contribution >= 0.6 is 23.2 Å². The molecule has 0 aromatic heterocycles. The molecule has 0 unspecified atom stereocenters. The normalized spacial score (nSPS) is 19.4. The SMILES string of the molecule is CC(C)(C)[C@@H](c1ccc(Cl)c(Cl)c1)N1CCNCC1. The molecule has 106 valence electrons. The molecule has 4 heteroatoms. The number of nitrogens with one attached hydrogen (secondary N) is 1. The minimum absolute atomic E-state index is 0.161. The fraction of sp³-hybridized carbons (Fsp3) is 0.600. The molecule has 1 aromatic rings. The van der Waals surface area contributed by atoms with E-state index in [0.717, 1.165) is 26.2 Å². The Morgan fingerprint density at radius 1 is 1.11 bits per heavy atom. The van der Waals surface area contributed by atoms with Crippen LogP contribution in [0.5, 0.6) is 0 Å². The Bertz CT molecular complexity index is 434. The third-order valence-electron chi connectivity index (χ3n) is 3.60. The average Bonchev–Trinajstić information content (AvgIpc) is 2.34. The smallest absolute Gasteiger partial charge is 0.0595 e. The van der Waals surface area contributed by atoms with Gasteiger partial charge in [-0.05, 0) is 23.1 Å². The zero-order valence-electron chi connectivity index (χ0n) is 11.8. The Kier molecular flexibility index (Phi) is 4.78. The largest absolute Gasteiger partial charge is 0.314 e. The van der Waals surface area contributed by atoms with E-state index in [1.165, 1.54) is 5.56 Å². The van der Waals surface area contributed by atoms with E-state index in [4.69, 9.17) is 23.2 Å². The second-order valence-electron chi connectivity index (χ2n) is 6.23. The lowest BCUT2D eigenvalue weighted by molar-refractivity contribution is 0.0862. The predicted molar refractivity (Wildman–Crippen MR) is 83.1 cm³/mol.